The number of halogens is 2. The molecule has 138 valence electrons. The van der Waals surface area contributed by atoms with Crippen molar-refractivity contribution in [3.05, 3.63) is 65.9 Å². The van der Waals surface area contributed by atoms with Crippen molar-refractivity contribution in [3.8, 4) is 0 Å². The molecule has 1 aromatic heterocycles. The molecule has 0 aliphatic heterocycles. The van der Waals surface area contributed by atoms with Crippen LogP contribution in [0.3, 0.4) is 0 Å². The maximum Gasteiger partial charge on any atom is 0.340 e. The largest absolute Gasteiger partial charge is 0.462 e. The van der Waals surface area contributed by atoms with E-state index in [2.05, 4.69) is 25.8 Å². The minimum absolute atomic E-state index is 0.0368. The number of nitrogens with zero attached hydrogens (tertiary/aromatic N) is 3. The summed E-state index contributed by atoms with van der Waals surface area (Å²) in [7, 11) is 0. The number of esters is 1. The van der Waals surface area contributed by atoms with Gasteiger partial charge in [-0.15, -0.1) is 5.10 Å². The van der Waals surface area contributed by atoms with E-state index in [1.807, 2.05) is 0 Å². The van der Waals surface area contributed by atoms with Gasteiger partial charge in [0.05, 0.1) is 29.7 Å². The lowest BCUT2D eigenvalue weighted by atomic mass is 10.2. The third-order valence-corrected chi connectivity index (χ3v) is 3.42. The van der Waals surface area contributed by atoms with E-state index < -0.39 is 17.6 Å². The Morgan fingerprint density at radius 1 is 1.11 bits per heavy atom. The number of hydrogen-bond donors (Lipinski definition) is 2. The van der Waals surface area contributed by atoms with Gasteiger partial charge in [0.1, 0.15) is 11.6 Å². The molecule has 0 radical (unpaired) electrons. The number of para-hydroxylation sites is 1. The SMILES string of the molecule is CCOC(=O)c1ccccc1Nc1nncc(Nc2ccc(F)cc2F)n1. The van der Waals surface area contributed by atoms with Crippen LogP contribution < -0.4 is 10.6 Å². The molecule has 3 aromatic rings. The number of aromatic nitrogens is 3. The molecular formula is C18H15F2N5O2. The number of carbonyl (C=O) groups is 1. The summed E-state index contributed by atoms with van der Waals surface area (Å²) in [6, 6.07) is 9.82. The molecule has 0 amide bonds. The predicted molar refractivity (Wildman–Crippen MR) is 95.1 cm³/mol. The van der Waals surface area contributed by atoms with E-state index >= 15 is 0 Å². The average Bonchev–Trinajstić information content (AvgIpc) is 2.65. The topological polar surface area (TPSA) is 89.0 Å². The first-order chi connectivity index (χ1) is 13.1. The number of nitrogens with one attached hydrogen (secondary N) is 2. The van der Waals surface area contributed by atoms with Crippen LogP contribution in [-0.2, 0) is 4.74 Å². The highest BCUT2D eigenvalue weighted by Gasteiger charge is 2.13. The van der Waals surface area contributed by atoms with Crippen LogP contribution in [0.5, 0.6) is 0 Å². The van der Waals surface area contributed by atoms with Crippen LogP contribution in [0.4, 0.5) is 31.9 Å². The van der Waals surface area contributed by atoms with Crippen molar-refractivity contribution in [2.75, 3.05) is 17.2 Å². The Bertz CT molecular complexity index is 968. The zero-order valence-corrected chi connectivity index (χ0v) is 14.2. The highest BCUT2D eigenvalue weighted by molar-refractivity contribution is 5.96. The number of ether oxygens (including phenoxy) is 1. The number of benzene rings is 2. The molecule has 0 saturated heterocycles. The van der Waals surface area contributed by atoms with Gasteiger partial charge in [0.15, 0.2) is 5.82 Å². The van der Waals surface area contributed by atoms with Gasteiger partial charge in [-0.3, -0.25) is 0 Å². The zero-order valence-electron chi connectivity index (χ0n) is 14.2. The third kappa shape index (κ3) is 4.51. The van der Waals surface area contributed by atoms with Crippen LogP contribution in [0, 0.1) is 11.6 Å². The fourth-order valence-electron chi connectivity index (χ4n) is 2.24. The molecule has 0 bridgehead atoms. The van der Waals surface area contributed by atoms with Crippen molar-refractivity contribution in [1.82, 2.24) is 15.2 Å². The zero-order chi connectivity index (χ0) is 19.2. The van der Waals surface area contributed by atoms with Gasteiger partial charge in [-0.1, -0.05) is 12.1 Å². The standard InChI is InChI=1S/C18H15F2N5O2/c1-2-27-17(26)12-5-3-4-6-14(12)23-18-24-16(10-21-25-18)22-15-8-7-11(19)9-13(15)20/h3-10H,2H2,1H3,(H2,22,23,24,25). The quantitative estimate of drug-likeness (QED) is 0.637. The Morgan fingerprint density at radius 3 is 2.70 bits per heavy atom. The fraction of sp³-hybridized carbons (Fsp3) is 0.111. The van der Waals surface area contributed by atoms with Crippen molar-refractivity contribution in [2.45, 2.75) is 6.92 Å². The normalized spacial score (nSPS) is 10.3. The molecule has 0 spiro atoms. The lowest BCUT2D eigenvalue weighted by Crippen LogP contribution is -2.09. The smallest absolute Gasteiger partial charge is 0.340 e. The Kier molecular flexibility index (Phi) is 5.50. The van der Waals surface area contributed by atoms with E-state index in [1.165, 1.54) is 12.3 Å². The first-order valence-electron chi connectivity index (χ1n) is 8.02. The molecule has 7 nitrogen and oxygen atoms in total. The van der Waals surface area contributed by atoms with E-state index in [1.54, 1.807) is 31.2 Å². The Balaban J connectivity index is 1.82. The van der Waals surface area contributed by atoms with Gasteiger partial charge in [0, 0.05) is 6.07 Å². The molecule has 0 aliphatic rings. The average molecular weight is 371 g/mol. The molecule has 2 N–H and O–H groups in total. The number of anilines is 4. The summed E-state index contributed by atoms with van der Waals surface area (Å²) in [5.74, 6) is -1.67. The molecule has 9 heteroatoms. The number of rotatable bonds is 6. The minimum atomic E-state index is -0.768. The third-order valence-electron chi connectivity index (χ3n) is 3.42. The summed E-state index contributed by atoms with van der Waals surface area (Å²) in [5, 5.41) is 13.2. The summed E-state index contributed by atoms with van der Waals surface area (Å²) in [5.41, 5.74) is 0.781. The summed E-state index contributed by atoms with van der Waals surface area (Å²) in [4.78, 5) is 16.2. The van der Waals surface area contributed by atoms with Crippen LogP contribution in [0.25, 0.3) is 0 Å². The van der Waals surface area contributed by atoms with E-state index in [4.69, 9.17) is 4.74 Å². The fourth-order valence-corrected chi connectivity index (χ4v) is 2.24. The lowest BCUT2D eigenvalue weighted by molar-refractivity contribution is 0.0527. The first kappa shape index (κ1) is 18.2. The Hall–Kier alpha value is -3.62. The maximum absolute atomic E-state index is 13.8. The molecule has 0 atom stereocenters. The maximum atomic E-state index is 13.8. The molecule has 2 aromatic carbocycles. The van der Waals surface area contributed by atoms with Gasteiger partial charge in [-0.2, -0.15) is 10.1 Å². The Morgan fingerprint density at radius 2 is 1.93 bits per heavy atom. The van der Waals surface area contributed by atoms with Crippen molar-refractivity contribution in [1.29, 1.82) is 0 Å². The van der Waals surface area contributed by atoms with Crippen molar-refractivity contribution in [2.24, 2.45) is 0 Å². The molecule has 0 aliphatic carbocycles. The molecule has 0 saturated carbocycles. The van der Waals surface area contributed by atoms with Gasteiger partial charge in [0.25, 0.3) is 0 Å². The van der Waals surface area contributed by atoms with Gasteiger partial charge >= 0.3 is 5.97 Å². The Labute approximate surface area is 153 Å². The van der Waals surface area contributed by atoms with E-state index in [0.29, 0.717) is 11.3 Å². The van der Waals surface area contributed by atoms with Gasteiger partial charge in [-0.25, -0.2) is 13.6 Å². The first-order valence-corrected chi connectivity index (χ1v) is 8.02. The van der Waals surface area contributed by atoms with Crippen LogP contribution in [0.2, 0.25) is 0 Å². The number of hydrogen-bond acceptors (Lipinski definition) is 7. The summed E-state index contributed by atoms with van der Waals surface area (Å²) < 4.78 is 31.8. The van der Waals surface area contributed by atoms with Crippen molar-refractivity contribution < 1.29 is 18.3 Å². The van der Waals surface area contributed by atoms with Crippen LogP contribution in [0.15, 0.2) is 48.7 Å². The molecule has 0 unspecified atom stereocenters. The van der Waals surface area contributed by atoms with Crippen LogP contribution >= 0.6 is 0 Å². The van der Waals surface area contributed by atoms with Gasteiger partial charge in [-0.05, 0) is 31.2 Å². The minimum Gasteiger partial charge on any atom is -0.462 e. The van der Waals surface area contributed by atoms with Crippen LogP contribution in [-0.4, -0.2) is 27.8 Å². The molecule has 1 heterocycles. The summed E-state index contributed by atoms with van der Waals surface area (Å²) in [6.45, 7) is 1.96. The predicted octanol–water partition coefficient (Wildman–Crippen LogP) is 3.81. The van der Waals surface area contributed by atoms with Crippen molar-refractivity contribution in [3.63, 3.8) is 0 Å². The lowest BCUT2D eigenvalue weighted by Gasteiger charge is -2.11. The van der Waals surface area contributed by atoms with Gasteiger partial charge < -0.3 is 15.4 Å². The van der Waals surface area contributed by atoms with Crippen LogP contribution in [0.1, 0.15) is 17.3 Å². The molecule has 0 fully saturated rings. The molecular weight excluding hydrogens is 356 g/mol. The summed E-state index contributed by atoms with van der Waals surface area (Å²) >= 11 is 0. The second kappa shape index (κ2) is 8.17. The van der Waals surface area contributed by atoms with Gasteiger partial charge in [0.2, 0.25) is 5.95 Å². The monoisotopic (exact) mass is 371 g/mol. The second-order valence-corrected chi connectivity index (χ2v) is 5.31. The highest BCUT2D eigenvalue weighted by atomic mass is 19.1. The molecule has 3 rings (SSSR count). The second-order valence-electron chi connectivity index (χ2n) is 5.31. The van der Waals surface area contributed by atoms with E-state index in [9.17, 15) is 13.6 Å². The number of carbonyl (C=O) groups excluding carboxylic acids is 1. The van der Waals surface area contributed by atoms with Crippen molar-refractivity contribution >= 4 is 29.1 Å². The van der Waals surface area contributed by atoms with E-state index in [-0.39, 0.29) is 24.1 Å². The summed E-state index contributed by atoms with van der Waals surface area (Å²) in [6.07, 6.45) is 1.28. The highest BCUT2D eigenvalue weighted by Crippen LogP contribution is 2.22. The molecule has 27 heavy (non-hydrogen) atoms. The van der Waals surface area contributed by atoms with E-state index in [0.717, 1.165) is 12.1 Å².